The van der Waals surface area contributed by atoms with Crippen LogP contribution in [0.5, 0.6) is 0 Å². The molecule has 0 radical (unpaired) electrons. The number of thiophene rings is 1. The molecule has 4 aromatic rings. The number of aryl methyl sites for hydroxylation is 1. The molecule has 3 aromatic carbocycles. The van der Waals surface area contributed by atoms with Crippen molar-refractivity contribution in [2.75, 3.05) is 22.0 Å². The monoisotopic (exact) mass is 585 g/mol. The molecule has 4 rings (SSSR count). The summed E-state index contributed by atoms with van der Waals surface area (Å²) in [4.78, 5) is 13.9. The van der Waals surface area contributed by atoms with Gasteiger partial charge in [0.25, 0.3) is 10.0 Å². The van der Waals surface area contributed by atoms with Crippen LogP contribution in [0.25, 0.3) is 11.1 Å². The predicted molar refractivity (Wildman–Crippen MR) is 159 cm³/mol. The third kappa shape index (κ3) is 6.51. The Labute approximate surface area is 235 Å². The van der Waals surface area contributed by atoms with Gasteiger partial charge in [-0.3, -0.25) is 4.72 Å². The molecule has 1 aromatic heterocycles. The lowest BCUT2D eigenvalue weighted by Crippen LogP contribution is -2.20. The van der Waals surface area contributed by atoms with E-state index < -0.39 is 16.0 Å². The van der Waals surface area contributed by atoms with E-state index in [9.17, 15) is 13.2 Å². The van der Waals surface area contributed by atoms with E-state index in [4.69, 9.17) is 28.6 Å². The summed E-state index contributed by atoms with van der Waals surface area (Å²) in [5, 5.41) is 7.46. The number of thiocarbonyl (C=S) groups is 1. The average molecular weight is 586 g/mol. The van der Waals surface area contributed by atoms with Crippen molar-refractivity contribution in [1.29, 1.82) is 0 Å². The van der Waals surface area contributed by atoms with Crippen LogP contribution in [0.2, 0.25) is 5.02 Å². The number of sulfonamides is 1. The van der Waals surface area contributed by atoms with Crippen LogP contribution >= 0.6 is 35.2 Å². The smallest absolute Gasteiger partial charge is 0.341 e. The molecule has 7 nitrogen and oxygen atoms in total. The van der Waals surface area contributed by atoms with Crippen LogP contribution in [-0.4, -0.2) is 26.1 Å². The standard InChI is InChI=1S/C27H24ClN3O4S3/c1-3-35-26(32)24-23(18-7-5-4-6-8-18)17(2)37-25(24)30-27(36)29-20-13-15-22(16-14-20)38(33,34)31-21-11-9-19(28)10-12-21/h4-16,31H,3H2,1-2H3,(H2,29,30,36). The van der Waals surface area contributed by atoms with E-state index in [1.807, 2.05) is 37.3 Å². The van der Waals surface area contributed by atoms with Gasteiger partial charge in [0.2, 0.25) is 0 Å². The zero-order chi connectivity index (χ0) is 27.3. The second-order valence-electron chi connectivity index (χ2n) is 8.04. The molecule has 38 heavy (non-hydrogen) atoms. The topological polar surface area (TPSA) is 96.5 Å². The van der Waals surface area contributed by atoms with Crippen molar-refractivity contribution < 1.29 is 17.9 Å². The Bertz CT molecular complexity index is 1550. The Balaban J connectivity index is 1.50. The van der Waals surface area contributed by atoms with Gasteiger partial charge in [-0.05, 0) is 80.2 Å². The van der Waals surface area contributed by atoms with Crippen LogP contribution in [0.4, 0.5) is 16.4 Å². The van der Waals surface area contributed by atoms with Crippen LogP contribution in [0.3, 0.4) is 0 Å². The lowest BCUT2D eigenvalue weighted by Gasteiger charge is -2.13. The van der Waals surface area contributed by atoms with E-state index in [-0.39, 0.29) is 16.6 Å². The minimum atomic E-state index is -3.79. The fraction of sp³-hybridized carbons (Fsp3) is 0.111. The van der Waals surface area contributed by atoms with Crippen LogP contribution in [0, 0.1) is 6.92 Å². The minimum Gasteiger partial charge on any atom is -0.462 e. The summed E-state index contributed by atoms with van der Waals surface area (Å²) in [6.07, 6.45) is 0. The molecule has 0 aliphatic rings. The number of hydrogen-bond donors (Lipinski definition) is 3. The highest BCUT2D eigenvalue weighted by molar-refractivity contribution is 7.92. The van der Waals surface area contributed by atoms with Gasteiger partial charge in [0, 0.05) is 26.8 Å². The Morgan fingerprint density at radius 3 is 2.21 bits per heavy atom. The molecule has 0 aliphatic heterocycles. The number of hydrogen-bond acceptors (Lipinski definition) is 6. The summed E-state index contributed by atoms with van der Waals surface area (Å²) >= 11 is 12.8. The van der Waals surface area contributed by atoms with Crippen LogP contribution < -0.4 is 15.4 Å². The van der Waals surface area contributed by atoms with Gasteiger partial charge >= 0.3 is 5.97 Å². The largest absolute Gasteiger partial charge is 0.462 e. The number of carbonyl (C=O) groups excluding carboxylic acids is 1. The zero-order valence-corrected chi connectivity index (χ0v) is 23.7. The molecule has 0 saturated carbocycles. The lowest BCUT2D eigenvalue weighted by molar-refractivity contribution is 0.0529. The number of benzene rings is 3. The number of ether oxygens (including phenoxy) is 1. The van der Waals surface area contributed by atoms with Gasteiger partial charge in [-0.2, -0.15) is 0 Å². The van der Waals surface area contributed by atoms with Gasteiger partial charge in [-0.15, -0.1) is 11.3 Å². The van der Waals surface area contributed by atoms with Crippen molar-refractivity contribution in [2.24, 2.45) is 0 Å². The highest BCUT2D eigenvalue weighted by Gasteiger charge is 2.25. The zero-order valence-electron chi connectivity index (χ0n) is 20.4. The first-order valence-corrected chi connectivity index (χ1v) is 14.6. The van der Waals surface area contributed by atoms with Crippen molar-refractivity contribution in [3.05, 3.63) is 94.3 Å². The molecule has 0 amide bonds. The Morgan fingerprint density at radius 2 is 1.58 bits per heavy atom. The molecule has 0 unspecified atom stereocenters. The maximum Gasteiger partial charge on any atom is 0.341 e. The highest BCUT2D eigenvalue weighted by atomic mass is 35.5. The summed E-state index contributed by atoms with van der Waals surface area (Å²) < 4.78 is 33.3. The number of carbonyl (C=O) groups is 1. The molecule has 0 fully saturated rings. The first-order chi connectivity index (χ1) is 18.2. The van der Waals surface area contributed by atoms with Crippen molar-refractivity contribution in [3.8, 4) is 11.1 Å². The van der Waals surface area contributed by atoms with Gasteiger partial charge in [0.1, 0.15) is 10.6 Å². The fourth-order valence-electron chi connectivity index (χ4n) is 3.70. The first-order valence-electron chi connectivity index (χ1n) is 11.5. The highest BCUT2D eigenvalue weighted by Crippen LogP contribution is 2.40. The van der Waals surface area contributed by atoms with E-state index in [1.165, 1.54) is 23.5 Å². The summed E-state index contributed by atoms with van der Waals surface area (Å²) in [6, 6.07) is 22.1. The maximum atomic E-state index is 12.9. The van der Waals surface area contributed by atoms with Crippen LogP contribution in [0.1, 0.15) is 22.2 Å². The molecule has 11 heteroatoms. The number of rotatable bonds is 8. The first kappa shape index (κ1) is 27.6. The van der Waals surface area contributed by atoms with Crippen LogP contribution in [0.15, 0.2) is 83.8 Å². The normalized spacial score (nSPS) is 11.0. The molecule has 0 spiro atoms. The Kier molecular flexibility index (Phi) is 8.68. The van der Waals surface area contributed by atoms with Crippen molar-refractivity contribution in [2.45, 2.75) is 18.7 Å². The molecule has 0 atom stereocenters. The molecule has 0 saturated heterocycles. The van der Waals surface area contributed by atoms with Crippen LogP contribution in [-0.2, 0) is 14.8 Å². The van der Waals surface area contributed by atoms with E-state index in [0.29, 0.717) is 27.0 Å². The molecular formula is C27H24ClN3O4S3. The van der Waals surface area contributed by atoms with E-state index in [1.54, 1.807) is 43.3 Å². The second-order valence-corrected chi connectivity index (χ2v) is 11.8. The molecule has 0 aliphatic carbocycles. The predicted octanol–water partition coefficient (Wildman–Crippen LogP) is 7.16. The van der Waals surface area contributed by atoms with E-state index in [0.717, 1.165) is 16.0 Å². The minimum absolute atomic E-state index is 0.0860. The molecule has 3 N–H and O–H groups in total. The number of esters is 1. The maximum absolute atomic E-state index is 12.9. The summed E-state index contributed by atoms with van der Waals surface area (Å²) in [6.45, 7) is 3.94. The summed E-state index contributed by atoms with van der Waals surface area (Å²) in [7, 11) is -3.79. The molecule has 1 heterocycles. The molecule has 0 bridgehead atoms. The quantitative estimate of drug-likeness (QED) is 0.149. The fourth-order valence-corrected chi connectivity index (χ4v) is 6.24. The van der Waals surface area contributed by atoms with Gasteiger partial charge in [0.15, 0.2) is 5.11 Å². The average Bonchev–Trinajstić information content (AvgIpc) is 3.21. The van der Waals surface area contributed by atoms with Gasteiger partial charge in [-0.1, -0.05) is 41.9 Å². The Morgan fingerprint density at radius 1 is 0.947 bits per heavy atom. The lowest BCUT2D eigenvalue weighted by atomic mass is 10.0. The van der Waals surface area contributed by atoms with Crippen molar-refractivity contribution >= 4 is 72.6 Å². The van der Waals surface area contributed by atoms with Crippen molar-refractivity contribution in [1.82, 2.24) is 0 Å². The number of nitrogens with one attached hydrogen (secondary N) is 3. The van der Waals surface area contributed by atoms with Crippen molar-refractivity contribution in [3.63, 3.8) is 0 Å². The van der Waals surface area contributed by atoms with Gasteiger partial charge < -0.3 is 15.4 Å². The molecular weight excluding hydrogens is 562 g/mol. The van der Waals surface area contributed by atoms with E-state index >= 15 is 0 Å². The number of halogens is 1. The van der Waals surface area contributed by atoms with E-state index in [2.05, 4.69) is 15.4 Å². The molecule has 196 valence electrons. The number of anilines is 3. The third-order valence-electron chi connectivity index (χ3n) is 5.37. The Hall–Kier alpha value is -3.44. The third-order valence-corrected chi connectivity index (χ3v) is 8.25. The van der Waals surface area contributed by atoms with Gasteiger partial charge in [0.05, 0.1) is 11.5 Å². The SMILES string of the molecule is CCOC(=O)c1c(NC(=S)Nc2ccc(S(=O)(=O)Nc3ccc(Cl)cc3)cc2)sc(C)c1-c1ccccc1. The summed E-state index contributed by atoms with van der Waals surface area (Å²) in [5.74, 6) is -0.441. The van der Waals surface area contributed by atoms with Gasteiger partial charge in [-0.25, -0.2) is 13.2 Å². The second kappa shape index (κ2) is 12.0. The summed E-state index contributed by atoms with van der Waals surface area (Å²) in [5.41, 5.74) is 3.09.